The van der Waals surface area contributed by atoms with E-state index in [0.29, 0.717) is 34.2 Å². The molecule has 0 amide bonds. The molecule has 2 aromatic heterocycles. The van der Waals surface area contributed by atoms with Gasteiger partial charge in [-0.2, -0.15) is 13.2 Å². The van der Waals surface area contributed by atoms with E-state index in [-0.39, 0.29) is 18.9 Å². The van der Waals surface area contributed by atoms with E-state index < -0.39 is 11.9 Å². The lowest BCUT2D eigenvalue weighted by Crippen LogP contribution is -2.34. The van der Waals surface area contributed by atoms with E-state index in [1.54, 1.807) is 36.7 Å². The molecular formula is C27H34F4N4. The van der Waals surface area contributed by atoms with Gasteiger partial charge in [-0.15, -0.1) is 0 Å². The lowest BCUT2D eigenvalue weighted by Gasteiger charge is -2.30. The van der Waals surface area contributed by atoms with Gasteiger partial charge in [0.1, 0.15) is 17.2 Å². The Morgan fingerprint density at radius 1 is 1.00 bits per heavy atom. The van der Waals surface area contributed by atoms with Crippen molar-refractivity contribution in [3.05, 3.63) is 64.9 Å². The van der Waals surface area contributed by atoms with Crippen molar-refractivity contribution in [2.24, 2.45) is 7.05 Å². The van der Waals surface area contributed by atoms with Crippen molar-refractivity contribution in [1.82, 2.24) is 19.4 Å². The predicted molar refractivity (Wildman–Crippen MR) is 134 cm³/mol. The maximum absolute atomic E-state index is 13.6. The Morgan fingerprint density at radius 2 is 1.66 bits per heavy atom. The predicted octanol–water partition coefficient (Wildman–Crippen LogP) is 7.78. The van der Waals surface area contributed by atoms with Crippen LogP contribution in [0, 0.1) is 12.7 Å². The second-order valence-corrected chi connectivity index (χ2v) is 7.95. The largest absolute Gasteiger partial charge is 0.431 e. The minimum absolute atomic E-state index is 0.114. The van der Waals surface area contributed by atoms with Crippen LogP contribution in [0.4, 0.5) is 17.6 Å². The van der Waals surface area contributed by atoms with Gasteiger partial charge in [-0.05, 0) is 43.7 Å². The van der Waals surface area contributed by atoms with Gasteiger partial charge in [0, 0.05) is 19.2 Å². The Morgan fingerprint density at radius 3 is 2.23 bits per heavy atom. The number of hydrogen-bond acceptors (Lipinski definition) is 3. The molecule has 3 aromatic rings. The summed E-state index contributed by atoms with van der Waals surface area (Å²) in [6.07, 6.45) is -2.10. The molecule has 190 valence electrons. The fourth-order valence-corrected chi connectivity index (χ4v) is 3.66. The number of fused-ring (bicyclic) bond motifs is 1. The van der Waals surface area contributed by atoms with Gasteiger partial charge >= 0.3 is 6.18 Å². The van der Waals surface area contributed by atoms with Crippen LogP contribution in [-0.4, -0.2) is 32.2 Å². The Hall–Kier alpha value is -3.16. The molecule has 0 radical (unpaired) electrons. The maximum Gasteiger partial charge on any atom is 0.431 e. The molecule has 0 N–H and O–H groups in total. The number of rotatable bonds is 3. The summed E-state index contributed by atoms with van der Waals surface area (Å²) in [6, 6.07) is 9.75. The number of nitrogens with zero attached hydrogens (tertiary/aromatic N) is 4. The summed E-state index contributed by atoms with van der Waals surface area (Å²) in [7, 11) is 1.78. The van der Waals surface area contributed by atoms with E-state index in [9.17, 15) is 17.6 Å². The van der Waals surface area contributed by atoms with E-state index in [2.05, 4.69) is 23.8 Å². The van der Waals surface area contributed by atoms with E-state index >= 15 is 0 Å². The van der Waals surface area contributed by atoms with Gasteiger partial charge in [-0.1, -0.05) is 52.3 Å². The summed E-state index contributed by atoms with van der Waals surface area (Å²) in [5.74, 6) is 0.111. The number of aromatic nitrogens is 3. The lowest BCUT2D eigenvalue weighted by molar-refractivity contribution is -0.111. The average Bonchev–Trinajstić information content (AvgIpc) is 3.15. The lowest BCUT2D eigenvalue weighted by atomic mass is 10.1. The van der Waals surface area contributed by atoms with Crippen LogP contribution in [0.15, 0.2) is 42.1 Å². The number of pyridine rings is 1. The molecule has 0 spiro atoms. The van der Waals surface area contributed by atoms with Crippen LogP contribution in [0.25, 0.3) is 28.9 Å². The molecule has 0 saturated heterocycles. The molecule has 0 fully saturated rings. The van der Waals surface area contributed by atoms with Crippen molar-refractivity contribution in [1.29, 1.82) is 0 Å². The molecule has 0 unspecified atom stereocenters. The summed E-state index contributed by atoms with van der Waals surface area (Å²) >= 11 is 0. The Labute approximate surface area is 205 Å². The fraction of sp³-hybridized carbons (Fsp3) is 0.407. The zero-order valence-electron chi connectivity index (χ0n) is 21.5. The van der Waals surface area contributed by atoms with Gasteiger partial charge in [0.05, 0.1) is 23.6 Å². The summed E-state index contributed by atoms with van der Waals surface area (Å²) in [4.78, 5) is 10.4. The van der Waals surface area contributed by atoms with Crippen LogP contribution >= 0.6 is 0 Å². The standard InChI is InChI=1S/C22H20F4N4.C3H8.C2H6/c1-4-30-12-18-17(11-19(30)22(24,25)26)28-21(29(18)3)20-13(2)8-9-16(27-20)14-6-5-7-15(23)10-14;1-3-2;1-2/h5-11H,4,12H2,1-3H3;3H2,1-2H3;1-2H3. The highest BCUT2D eigenvalue weighted by Crippen LogP contribution is 2.37. The average molecular weight is 491 g/mol. The molecule has 1 aromatic carbocycles. The second-order valence-electron chi connectivity index (χ2n) is 7.95. The quantitative estimate of drug-likeness (QED) is 0.352. The van der Waals surface area contributed by atoms with Crippen LogP contribution in [0.3, 0.4) is 0 Å². The second kappa shape index (κ2) is 12.0. The third kappa shape index (κ3) is 6.29. The first-order valence-corrected chi connectivity index (χ1v) is 11.9. The zero-order valence-corrected chi connectivity index (χ0v) is 21.5. The monoisotopic (exact) mass is 490 g/mol. The van der Waals surface area contributed by atoms with Crippen LogP contribution in [0.2, 0.25) is 0 Å². The number of aryl methyl sites for hydroxylation is 1. The zero-order chi connectivity index (χ0) is 26.3. The van der Waals surface area contributed by atoms with Crippen molar-refractivity contribution in [2.45, 2.75) is 60.7 Å². The molecule has 0 saturated carbocycles. The van der Waals surface area contributed by atoms with Crippen molar-refractivity contribution < 1.29 is 17.6 Å². The van der Waals surface area contributed by atoms with E-state index in [1.165, 1.54) is 23.5 Å². The minimum Gasteiger partial charge on any atom is -0.362 e. The molecular weight excluding hydrogens is 456 g/mol. The van der Waals surface area contributed by atoms with Gasteiger partial charge in [0.2, 0.25) is 0 Å². The van der Waals surface area contributed by atoms with E-state index in [0.717, 1.165) is 11.6 Å². The number of halogens is 4. The van der Waals surface area contributed by atoms with Gasteiger partial charge in [0.25, 0.3) is 0 Å². The molecule has 35 heavy (non-hydrogen) atoms. The summed E-state index contributed by atoms with van der Waals surface area (Å²) in [6.45, 7) is 12.2. The molecule has 8 heteroatoms. The highest BCUT2D eigenvalue weighted by atomic mass is 19.4. The molecule has 1 aliphatic heterocycles. The molecule has 0 bridgehead atoms. The highest BCUT2D eigenvalue weighted by molar-refractivity contribution is 5.68. The number of benzene rings is 1. The van der Waals surface area contributed by atoms with Crippen LogP contribution in [-0.2, 0) is 13.6 Å². The van der Waals surface area contributed by atoms with Gasteiger partial charge in [0.15, 0.2) is 5.82 Å². The van der Waals surface area contributed by atoms with Crippen molar-refractivity contribution in [3.8, 4) is 22.8 Å². The van der Waals surface area contributed by atoms with Crippen LogP contribution in [0.1, 0.15) is 58.0 Å². The molecule has 0 aliphatic carbocycles. The molecule has 3 heterocycles. The number of allylic oxidation sites excluding steroid dienone is 1. The molecule has 0 atom stereocenters. The molecule has 1 aliphatic rings. The Bertz CT molecular complexity index is 1160. The highest BCUT2D eigenvalue weighted by Gasteiger charge is 2.40. The smallest absolute Gasteiger partial charge is 0.362 e. The molecule has 4 rings (SSSR count). The summed E-state index contributed by atoms with van der Waals surface area (Å²) < 4.78 is 55.8. The minimum atomic E-state index is -4.45. The first-order chi connectivity index (χ1) is 16.6. The van der Waals surface area contributed by atoms with E-state index in [4.69, 9.17) is 0 Å². The third-order valence-corrected chi connectivity index (χ3v) is 5.30. The maximum atomic E-state index is 13.6. The van der Waals surface area contributed by atoms with Gasteiger partial charge in [-0.25, -0.2) is 14.4 Å². The summed E-state index contributed by atoms with van der Waals surface area (Å²) in [5, 5.41) is 0. The third-order valence-electron chi connectivity index (χ3n) is 5.30. The number of imidazole rings is 1. The normalized spacial score (nSPS) is 12.7. The Balaban J connectivity index is 0.000000803. The van der Waals surface area contributed by atoms with E-state index in [1.807, 2.05) is 26.8 Å². The van der Waals surface area contributed by atoms with Crippen molar-refractivity contribution in [2.75, 3.05) is 6.54 Å². The SMILES string of the molecule is CC.CCC.CCN1Cc2c(nc(-c3nc(-c4cccc(F)c4)ccc3C)n2C)C=C1C(F)(F)F. The fourth-order valence-electron chi connectivity index (χ4n) is 3.66. The topological polar surface area (TPSA) is 34.0 Å². The van der Waals surface area contributed by atoms with Gasteiger partial charge < -0.3 is 9.47 Å². The summed E-state index contributed by atoms with van der Waals surface area (Å²) in [5.41, 5.74) is 2.86. The van der Waals surface area contributed by atoms with Gasteiger partial charge in [-0.3, -0.25) is 0 Å². The Kier molecular flexibility index (Phi) is 9.63. The molecule has 4 nitrogen and oxygen atoms in total. The first-order valence-electron chi connectivity index (χ1n) is 11.9. The van der Waals surface area contributed by atoms with Crippen molar-refractivity contribution >= 4 is 6.08 Å². The number of hydrogen-bond donors (Lipinski definition) is 0. The van der Waals surface area contributed by atoms with Crippen LogP contribution < -0.4 is 0 Å². The first kappa shape index (κ1) is 28.1. The van der Waals surface area contributed by atoms with Crippen LogP contribution in [0.5, 0.6) is 0 Å². The number of alkyl halides is 3. The van der Waals surface area contributed by atoms with Crippen molar-refractivity contribution in [3.63, 3.8) is 0 Å².